The van der Waals surface area contributed by atoms with Crippen LogP contribution in [0.2, 0.25) is 5.02 Å². The van der Waals surface area contributed by atoms with Gasteiger partial charge in [0.1, 0.15) is 0 Å². The number of aromatic carboxylic acids is 1. The predicted molar refractivity (Wildman–Crippen MR) is 120 cm³/mol. The molecule has 0 radical (unpaired) electrons. The SMILES string of the molecule is Cc1c(Cl)cccc1N=C1NC(=O)/C(=C\c2cccn2-c2ccc(C(=O)O)cc2)S1. The normalized spacial score (nSPS) is 16.3. The first-order valence-electron chi connectivity index (χ1n) is 8.98. The van der Waals surface area contributed by atoms with E-state index >= 15 is 0 Å². The summed E-state index contributed by atoms with van der Waals surface area (Å²) in [6, 6.07) is 15.7. The lowest BCUT2D eigenvalue weighted by Crippen LogP contribution is -2.19. The van der Waals surface area contributed by atoms with Gasteiger partial charge in [0.05, 0.1) is 16.2 Å². The lowest BCUT2D eigenvalue weighted by atomic mass is 10.2. The summed E-state index contributed by atoms with van der Waals surface area (Å²) in [5, 5.41) is 12.9. The fraction of sp³-hybridized carbons (Fsp3) is 0.0455. The van der Waals surface area contributed by atoms with Crippen LogP contribution in [0.25, 0.3) is 11.8 Å². The van der Waals surface area contributed by atoms with E-state index in [-0.39, 0.29) is 11.5 Å². The topological polar surface area (TPSA) is 83.7 Å². The second-order valence-corrected chi connectivity index (χ2v) is 7.96. The standard InChI is InChI=1S/C22H16ClN3O3S/c1-13-17(23)5-2-6-18(13)24-22-25-20(27)19(30-22)12-16-4-3-11-26(16)15-9-7-14(8-10-15)21(28)29/h2-12H,1H3,(H,28,29)(H,24,25,27)/b19-12+. The van der Waals surface area contributed by atoms with E-state index in [9.17, 15) is 9.59 Å². The molecule has 0 saturated carbocycles. The van der Waals surface area contributed by atoms with E-state index in [1.807, 2.05) is 42.0 Å². The first kappa shape index (κ1) is 20.0. The average molecular weight is 438 g/mol. The molecule has 30 heavy (non-hydrogen) atoms. The largest absolute Gasteiger partial charge is 0.478 e. The highest BCUT2D eigenvalue weighted by atomic mass is 35.5. The number of hydrogen-bond acceptors (Lipinski definition) is 4. The third-order valence-electron chi connectivity index (χ3n) is 4.56. The van der Waals surface area contributed by atoms with Crippen molar-refractivity contribution in [2.24, 2.45) is 4.99 Å². The van der Waals surface area contributed by atoms with Crippen molar-refractivity contribution >= 4 is 52.2 Å². The molecule has 1 saturated heterocycles. The van der Waals surface area contributed by atoms with Crippen LogP contribution in [0, 0.1) is 6.92 Å². The van der Waals surface area contributed by atoms with Crippen molar-refractivity contribution in [3.8, 4) is 5.69 Å². The zero-order valence-electron chi connectivity index (χ0n) is 15.8. The number of benzene rings is 2. The van der Waals surface area contributed by atoms with Crippen molar-refractivity contribution in [1.29, 1.82) is 0 Å². The Kier molecular flexibility index (Phi) is 5.48. The van der Waals surface area contributed by atoms with Crippen molar-refractivity contribution < 1.29 is 14.7 Å². The molecule has 6 nitrogen and oxygen atoms in total. The molecule has 150 valence electrons. The molecule has 2 aromatic carbocycles. The van der Waals surface area contributed by atoms with E-state index in [4.69, 9.17) is 16.7 Å². The molecule has 2 N–H and O–H groups in total. The van der Waals surface area contributed by atoms with Gasteiger partial charge in [-0.1, -0.05) is 17.7 Å². The molecule has 0 spiro atoms. The van der Waals surface area contributed by atoms with Gasteiger partial charge >= 0.3 is 5.97 Å². The summed E-state index contributed by atoms with van der Waals surface area (Å²) in [6.45, 7) is 1.88. The van der Waals surface area contributed by atoms with E-state index in [2.05, 4.69) is 10.3 Å². The van der Waals surface area contributed by atoms with E-state index in [1.165, 1.54) is 11.8 Å². The molecule has 1 amide bonds. The number of carboxylic acid groups (broad SMARTS) is 1. The minimum atomic E-state index is -0.975. The Morgan fingerprint density at radius 1 is 1.17 bits per heavy atom. The number of thioether (sulfide) groups is 1. The molecule has 0 unspecified atom stereocenters. The summed E-state index contributed by atoms with van der Waals surface area (Å²) in [6.07, 6.45) is 3.63. The molecule has 1 aliphatic heterocycles. The molecule has 1 aromatic heterocycles. The van der Waals surface area contributed by atoms with Crippen LogP contribution in [0.1, 0.15) is 21.6 Å². The molecule has 0 aliphatic carbocycles. The number of aliphatic imine (C=N–C) groups is 1. The number of amidine groups is 1. The third-order valence-corrected chi connectivity index (χ3v) is 5.88. The number of carbonyl (C=O) groups is 2. The fourth-order valence-electron chi connectivity index (χ4n) is 2.95. The van der Waals surface area contributed by atoms with E-state index in [0.717, 1.165) is 16.9 Å². The van der Waals surface area contributed by atoms with Crippen molar-refractivity contribution in [1.82, 2.24) is 9.88 Å². The number of carboxylic acids is 1. The second kappa shape index (κ2) is 8.22. The summed E-state index contributed by atoms with van der Waals surface area (Å²) >= 11 is 7.40. The number of nitrogens with one attached hydrogen (secondary N) is 1. The van der Waals surface area contributed by atoms with Crippen LogP contribution in [0.3, 0.4) is 0 Å². The Morgan fingerprint density at radius 3 is 2.67 bits per heavy atom. The number of amides is 1. The zero-order chi connectivity index (χ0) is 21.3. The van der Waals surface area contributed by atoms with Gasteiger partial charge in [0.15, 0.2) is 5.17 Å². The molecule has 1 fully saturated rings. The summed E-state index contributed by atoms with van der Waals surface area (Å²) in [5.41, 5.74) is 3.35. The maximum Gasteiger partial charge on any atom is 0.335 e. The molecule has 8 heteroatoms. The predicted octanol–water partition coefficient (Wildman–Crippen LogP) is 5.03. The molecule has 2 heterocycles. The molecule has 3 aromatic rings. The highest BCUT2D eigenvalue weighted by Crippen LogP contribution is 2.31. The van der Waals surface area contributed by atoms with Gasteiger partial charge in [-0.05, 0) is 78.9 Å². The lowest BCUT2D eigenvalue weighted by Gasteiger charge is -2.07. The van der Waals surface area contributed by atoms with Crippen molar-refractivity contribution in [3.05, 3.63) is 87.5 Å². The van der Waals surface area contributed by atoms with Gasteiger partial charge in [0, 0.05) is 22.6 Å². The smallest absolute Gasteiger partial charge is 0.335 e. The van der Waals surface area contributed by atoms with Gasteiger partial charge in [0.2, 0.25) is 0 Å². The Morgan fingerprint density at radius 2 is 1.93 bits per heavy atom. The molecule has 0 bridgehead atoms. The maximum atomic E-state index is 12.4. The number of nitrogens with zero attached hydrogens (tertiary/aromatic N) is 2. The number of carbonyl (C=O) groups excluding carboxylic acids is 1. The van der Waals surface area contributed by atoms with Crippen molar-refractivity contribution in [2.45, 2.75) is 6.92 Å². The second-order valence-electron chi connectivity index (χ2n) is 6.52. The zero-order valence-corrected chi connectivity index (χ0v) is 17.4. The Bertz CT molecular complexity index is 1210. The van der Waals surface area contributed by atoms with Gasteiger partial charge in [-0.25, -0.2) is 9.79 Å². The van der Waals surface area contributed by atoms with Crippen LogP contribution in [-0.4, -0.2) is 26.7 Å². The van der Waals surface area contributed by atoms with E-state index < -0.39 is 5.97 Å². The summed E-state index contributed by atoms with van der Waals surface area (Å²) in [4.78, 5) is 28.5. The molecule has 0 atom stereocenters. The number of halogens is 1. The average Bonchev–Trinajstić information content (AvgIpc) is 3.32. The Labute approximate surface area is 181 Å². The third kappa shape index (κ3) is 4.03. The Balaban J connectivity index is 1.61. The summed E-state index contributed by atoms with van der Waals surface area (Å²) in [7, 11) is 0. The highest BCUT2D eigenvalue weighted by molar-refractivity contribution is 8.18. The van der Waals surface area contributed by atoms with Crippen molar-refractivity contribution in [2.75, 3.05) is 0 Å². The number of aromatic nitrogens is 1. The van der Waals surface area contributed by atoms with Crippen LogP contribution in [0.4, 0.5) is 5.69 Å². The van der Waals surface area contributed by atoms with Gasteiger partial charge in [-0.15, -0.1) is 0 Å². The number of hydrogen-bond donors (Lipinski definition) is 2. The molecule has 4 rings (SSSR count). The van der Waals surface area contributed by atoms with Crippen LogP contribution in [-0.2, 0) is 4.79 Å². The van der Waals surface area contributed by atoms with Gasteiger partial charge in [-0.2, -0.15) is 0 Å². The minimum absolute atomic E-state index is 0.216. The molecular formula is C22H16ClN3O3S. The van der Waals surface area contributed by atoms with Crippen LogP contribution >= 0.6 is 23.4 Å². The molecular weight excluding hydrogens is 422 g/mol. The molecule has 1 aliphatic rings. The van der Waals surface area contributed by atoms with Crippen LogP contribution in [0.5, 0.6) is 0 Å². The Hall–Kier alpha value is -3.29. The first-order chi connectivity index (χ1) is 14.4. The monoisotopic (exact) mass is 437 g/mol. The number of rotatable bonds is 4. The minimum Gasteiger partial charge on any atom is -0.478 e. The van der Waals surface area contributed by atoms with Crippen molar-refractivity contribution in [3.63, 3.8) is 0 Å². The fourth-order valence-corrected chi connectivity index (χ4v) is 3.94. The van der Waals surface area contributed by atoms with Crippen LogP contribution < -0.4 is 5.32 Å². The van der Waals surface area contributed by atoms with E-state index in [0.29, 0.717) is 20.8 Å². The summed E-state index contributed by atoms with van der Waals surface area (Å²) in [5.74, 6) is -1.20. The summed E-state index contributed by atoms with van der Waals surface area (Å²) < 4.78 is 1.88. The van der Waals surface area contributed by atoms with E-state index in [1.54, 1.807) is 36.4 Å². The van der Waals surface area contributed by atoms with Gasteiger partial charge in [0.25, 0.3) is 5.91 Å². The van der Waals surface area contributed by atoms with Gasteiger partial charge < -0.3 is 15.0 Å². The maximum absolute atomic E-state index is 12.4. The lowest BCUT2D eigenvalue weighted by molar-refractivity contribution is -0.115. The van der Waals surface area contributed by atoms with Crippen LogP contribution in [0.15, 0.2) is 70.7 Å². The quantitative estimate of drug-likeness (QED) is 0.561. The van der Waals surface area contributed by atoms with Gasteiger partial charge in [-0.3, -0.25) is 4.79 Å². The first-order valence-corrected chi connectivity index (χ1v) is 10.2. The highest BCUT2D eigenvalue weighted by Gasteiger charge is 2.24.